The molecule has 0 saturated heterocycles. The lowest BCUT2D eigenvalue weighted by Gasteiger charge is -2.06. The van der Waals surface area contributed by atoms with Crippen molar-refractivity contribution in [3.05, 3.63) is 47.0 Å². The highest BCUT2D eigenvalue weighted by Crippen LogP contribution is 2.30. The average Bonchev–Trinajstić information content (AvgIpc) is 2.81. The molecule has 19 heavy (non-hydrogen) atoms. The molecule has 0 bridgehead atoms. The number of aryl methyl sites for hydroxylation is 1. The summed E-state index contributed by atoms with van der Waals surface area (Å²) in [6.07, 6.45) is 0. The van der Waals surface area contributed by atoms with Crippen LogP contribution < -0.4 is 4.74 Å². The van der Waals surface area contributed by atoms with E-state index in [4.69, 9.17) is 16.3 Å². The summed E-state index contributed by atoms with van der Waals surface area (Å²) < 4.78 is 5.41. The Kier molecular flexibility index (Phi) is 2.91. The summed E-state index contributed by atoms with van der Waals surface area (Å²) in [5, 5.41) is 0.693. The normalized spacial score (nSPS) is 10.9. The van der Waals surface area contributed by atoms with Gasteiger partial charge in [0.2, 0.25) is 0 Å². The maximum Gasteiger partial charge on any atom is 0.142 e. The van der Waals surface area contributed by atoms with Crippen LogP contribution in [0.3, 0.4) is 0 Å². The van der Waals surface area contributed by atoms with Crippen LogP contribution in [0, 0.1) is 6.92 Å². The van der Waals surface area contributed by atoms with E-state index in [-0.39, 0.29) is 0 Å². The van der Waals surface area contributed by atoms with Crippen molar-refractivity contribution in [3.8, 4) is 17.1 Å². The summed E-state index contributed by atoms with van der Waals surface area (Å²) in [6.45, 7) is 2.03. The maximum atomic E-state index is 5.98. The van der Waals surface area contributed by atoms with E-state index in [1.54, 1.807) is 7.11 Å². The third-order valence-corrected chi connectivity index (χ3v) is 3.29. The van der Waals surface area contributed by atoms with E-state index >= 15 is 0 Å². The lowest BCUT2D eigenvalue weighted by molar-refractivity contribution is 0.416. The van der Waals surface area contributed by atoms with Crippen LogP contribution in [0.15, 0.2) is 36.4 Å². The summed E-state index contributed by atoms with van der Waals surface area (Å²) in [5.74, 6) is 1.60. The van der Waals surface area contributed by atoms with Gasteiger partial charge in [-0.1, -0.05) is 17.7 Å². The molecule has 0 amide bonds. The van der Waals surface area contributed by atoms with Crippen molar-refractivity contribution in [2.24, 2.45) is 0 Å². The van der Waals surface area contributed by atoms with Crippen LogP contribution in [-0.2, 0) is 0 Å². The van der Waals surface area contributed by atoms with E-state index in [1.165, 1.54) is 0 Å². The zero-order chi connectivity index (χ0) is 13.4. The first kappa shape index (κ1) is 12.1. The van der Waals surface area contributed by atoms with Crippen molar-refractivity contribution in [3.63, 3.8) is 0 Å². The number of hydrogen-bond acceptors (Lipinski definition) is 2. The van der Waals surface area contributed by atoms with Gasteiger partial charge in [0, 0.05) is 5.02 Å². The number of methoxy groups -OCH3 is 1. The number of aromatic amines is 1. The van der Waals surface area contributed by atoms with Crippen LogP contribution in [0.4, 0.5) is 0 Å². The molecule has 0 spiro atoms. The number of aromatic nitrogens is 2. The molecular formula is C15H13ClN2O. The van der Waals surface area contributed by atoms with Gasteiger partial charge in [-0.15, -0.1) is 0 Å². The predicted molar refractivity (Wildman–Crippen MR) is 77.8 cm³/mol. The molecule has 96 valence electrons. The summed E-state index contributed by atoms with van der Waals surface area (Å²) in [5.41, 5.74) is 3.91. The van der Waals surface area contributed by atoms with Gasteiger partial charge in [0.1, 0.15) is 11.6 Å². The lowest BCUT2D eigenvalue weighted by Crippen LogP contribution is -1.90. The summed E-state index contributed by atoms with van der Waals surface area (Å²) in [7, 11) is 1.66. The summed E-state index contributed by atoms with van der Waals surface area (Å²) in [6, 6.07) is 11.6. The van der Waals surface area contributed by atoms with Crippen LogP contribution in [-0.4, -0.2) is 17.1 Å². The second-order valence-corrected chi connectivity index (χ2v) is 4.89. The van der Waals surface area contributed by atoms with E-state index in [0.717, 1.165) is 33.7 Å². The van der Waals surface area contributed by atoms with Crippen LogP contribution in [0.2, 0.25) is 5.02 Å². The molecule has 1 heterocycles. The molecule has 4 heteroatoms. The predicted octanol–water partition coefficient (Wildman–Crippen LogP) is 4.20. The van der Waals surface area contributed by atoms with Crippen molar-refractivity contribution in [2.75, 3.05) is 7.11 Å². The minimum absolute atomic E-state index is 0.693. The number of ether oxygens (including phenoxy) is 1. The van der Waals surface area contributed by atoms with Gasteiger partial charge in [0.15, 0.2) is 0 Å². The molecule has 0 fully saturated rings. The standard InChI is InChI=1S/C15H13ClN2O/c1-9-3-5-11(14(7-9)19-2)15-17-12-6-4-10(16)8-13(12)18-15/h3-8H,1-2H3,(H,17,18). The van der Waals surface area contributed by atoms with Gasteiger partial charge in [-0.3, -0.25) is 0 Å². The molecule has 0 unspecified atom stereocenters. The zero-order valence-electron chi connectivity index (χ0n) is 10.7. The molecule has 0 radical (unpaired) electrons. The summed E-state index contributed by atoms with van der Waals surface area (Å²) in [4.78, 5) is 7.84. The Morgan fingerprint density at radius 2 is 2.00 bits per heavy atom. The van der Waals surface area contributed by atoms with Gasteiger partial charge in [0.25, 0.3) is 0 Å². The molecule has 0 aliphatic heterocycles. The van der Waals surface area contributed by atoms with E-state index in [2.05, 4.69) is 9.97 Å². The number of halogens is 1. The third kappa shape index (κ3) is 2.17. The smallest absolute Gasteiger partial charge is 0.142 e. The number of fused-ring (bicyclic) bond motifs is 1. The van der Waals surface area contributed by atoms with Gasteiger partial charge in [-0.2, -0.15) is 0 Å². The maximum absolute atomic E-state index is 5.98. The lowest BCUT2D eigenvalue weighted by atomic mass is 10.1. The van der Waals surface area contributed by atoms with Crippen molar-refractivity contribution in [1.82, 2.24) is 9.97 Å². The minimum Gasteiger partial charge on any atom is -0.496 e. The molecule has 0 aliphatic carbocycles. The molecule has 0 atom stereocenters. The number of hydrogen-bond donors (Lipinski definition) is 1. The first-order valence-electron chi connectivity index (χ1n) is 5.97. The fraction of sp³-hybridized carbons (Fsp3) is 0.133. The van der Waals surface area contributed by atoms with Gasteiger partial charge in [0.05, 0.1) is 23.7 Å². The van der Waals surface area contributed by atoms with Gasteiger partial charge >= 0.3 is 0 Å². The van der Waals surface area contributed by atoms with Crippen LogP contribution in [0.1, 0.15) is 5.56 Å². The molecule has 3 aromatic rings. The van der Waals surface area contributed by atoms with Crippen molar-refractivity contribution >= 4 is 22.6 Å². The number of benzene rings is 2. The van der Waals surface area contributed by atoms with E-state index < -0.39 is 0 Å². The highest BCUT2D eigenvalue weighted by Gasteiger charge is 2.10. The van der Waals surface area contributed by atoms with E-state index in [0.29, 0.717) is 5.02 Å². The van der Waals surface area contributed by atoms with Gasteiger partial charge < -0.3 is 9.72 Å². The molecule has 0 saturated carbocycles. The first-order chi connectivity index (χ1) is 9.17. The van der Waals surface area contributed by atoms with Crippen molar-refractivity contribution < 1.29 is 4.74 Å². The molecule has 1 aromatic heterocycles. The molecular weight excluding hydrogens is 260 g/mol. The number of nitrogens with zero attached hydrogens (tertiary/aromatic N) is 1. The largest absolute Gasteiger partial charge is 0.496 e. The van der Waals surface area contributed by atoms with Crippen LogP contribution >= 0.6 is 11.6 Å². The fourth-order valence-corrected chi connectivity index (χ4v) is 2.28. The Bertz CT molecular complexity index is 749. The second-order valence-electron chi connectivity index (χ2n) is 4.45. The van der Waals surface area contributed by atoms with Crippen molar-refractivity contribution in [1.29, 1.82) is 0 Å². The zero-order valence-corrected chi connectivity index (χ0v) is 11.5. The number of H-pyrrole nitrogens is 1. The van der Waals surface area contributed by atoms with E-state index in [1.807, 2.05) is 43.3 Å². The first-order valence-corrected chi connectivity index (χ1v) is 6.35. The van der Waals surface area contributed by atoms with Crippen LogP contribution in [0.25, 0.3) is 22.4 Å². The molecule has 0 aliphatic rings. The van der Waals surface area contributed by atoms with Gasteiger partial charge in [-0.05, 0) is 42.8 Å². The Labute approximate surface area is 116 Å². The number of rotatable bonds is 2. The highest BCUT2D eigenvalue weighted by atomic mass is 35.5. The quantitative estimate of drug-likeness (QED) is 0.759. The Hall–Kier alpha value is -2.00. The Morgan fingerprint density at radius 1 is 1.16 bits per heavy atom. The fourth-order valence-electron chi connectivity index (χ4n) is 2.10. The molecule has 3 nitrogen and oxygen atoms in total. The second kappa shape index (κ2) is 4.59. The van der Waals surface area contributed by atoms with Crippen molar-refractivity contribution in [2.45, 2.75) is 6.92 Å². The number of imidazole rings is 1. The Morgan fingerprint density at radius 3 is 2.79 bits per heavy atom. The monoisotopic (exact) mass is 272 g/mol. The Balaban J connectivity index is 2.18. The SMILES string of the molecule is COc1cc(C)ccc1-c1nc2ccc(Cl)cc2[nH]1. The topological polar surface area (TPSA) is 37.9 Å². The average molecular weight is 273 g/mol. The molecule has 3 rings (SSSR count). The summed E-state index contributed by atoms with van der Waals surface area (Å²) >= 11 is 5.98. The van der Waals surface area contributed by atoms with Crippen LogP contribution in [0.5, 0.6) is 5.75 Å². The molecule has 2 aromatic carbocycles. The minimum atomic E-state index is 0.693. The molecule has 1 N–H and O–H groups in total. The van der Waals surface area contributed by atoms with Gasteiger partial charge in [-0.25, -0.2) is 4.98 Å². The van der Waals surface area contributed by atoms with E-state index in [9.17, 15) is 0 Å². The highest BCUT2D eigenvalue weighted by molar-refractivity contribution is 6.31. The number of nitrogens with one attached hydrogen (secondary N) is 1. The third-order valence-electron chi connectivity index (χ3n) is 3.06.